The highest BCUT2D eigenvalue weighted by atomic mass is 19.3. The number of halogens is 6. The van der Waals surface area contributed by atoms with Gasteiger partial charge in [-0.05, 0) is 38.5 Å². The maximum absolute atomic E-state index is 12.6. The second-order valence-electron chi connectivity index (χ2n) is 7.58. The predicted molar refractivity (Wildman–Crippen MR) is 122 cm³/mol. The third kappa shape index (κ3) is 11.6. The number of pyridine rings is 1. The molecule has 0 spiro atoms. The molecular formula is C26H31F6N. The Balaban J connectivity index is 0.000000459. The van der Waals surface area contributed by atoms with Gasteiger partial charge in [0.1, 0.15) is 5.69 Å². The first-order chi connectivity index (χ1) is 14.7. The molecule has 3 aromatic rings. The van der Waals surface area contributed by atoms with E-state index in [0.29, 0.717) is 0 Å². The molecule has 0 bridgehead atoms. The predicted octanol–water partition coefficient (Wildman–Crippen LogP) is 9.18. The largest absolute Gasteiger partial charge is 0.286 e. The number of aromatic nitrogens is 1. The molecule has 182 valence electrons. The number of hydrogen-bond acceptors (Lipinski definition) is 1. The third-order valence-corrected chi connectivity index (χ3v) is 4.18. The molecule has 0 radical (unpaired) electrons. The molecule has 1 nitrogen and oxygen atoms in total. The molecule has 0 saturated carbocycles. The first-order valence-corrected chi connectivity index (χ1v) is 9.80. The topological polar surface area (TPSA) is 12.9 Å². The molecule has 0 atom stereocenters. The molecule has 33 heavy (non-hydrogen) atoms. The van der Waals surface area contributed by atoms with Crippen LogP contribution in [0.1, 0.15) is 61.2 Å². The average Bonchev–Trinajstić information content (AvgIpc) is 2.68. The number of aryl methyl sites for hydroxylation is 3. The molecule has 0 aliphatic rings. The Labute approximate surface area is 192 Å². The Bertz CT molecular complexity index is 919. The number of nitrogens with zero attached hydrogens (tertiary/aromatic N) is 1. The normalized spacial score (nSPS) is 10.9. The molecule has 2 aromatic carbocycles. The Morgan fingerprint density at radius 3 is 1.55 bits per heavy atom. The zero-order valence-electron chi connectivity index (χ0n) is 18.6. The third-order valence-electron chi connectivity index (χ3n) is 4.18. The van der Waals surface area contributed by atoms with E-state index in [-0.39, 0.29) is 24.2 Å². The van der Waals surface area contributed by atoms with Crippen molar-refractivity contribution in [2.24, 2.45) is 0 Å². The zero-order chi connectivity index (χ0) is 24.5. The van der Waals surface area contributed by atoms with Crippen LogP contribution in [0.5, 0.6) is 0 Å². The van der Waals surface area contributed by atoms with Crippen molar-refractivity contribution in [1.29, 1.82) is 0 Å². The summed E-state index contributed by atoms with van der Waals surface area (Å²) < 4.78 is 74.3. The van der Waals surface area contributed by atoms with Gasteiger partial charge in [0.05, 0.1) is 0 Å². The van der Waals surface area contributed by atoms with Gasteiger partial charge in [0, 0.05) is 31.2 Å². The van der Waals surface area contributed by atoms with Gasteiger partial charge in [-0.3, -0.25) is 4.98 Å². The SMILES string of the molecule is C.Cc1cccc(C(C)(F)F)c1.Cc1cccc(C(F)F)c1.Cc1ccnc(C(C)(F)F)c1. The molecule has 0 aliphatic heterocycles. The van der Waals surface area contributed by atoms with E-state index in [1.54, 1.807) is 51.1 Å². The van der Waals surface area contributed by atoms with Gasteiger partial charge in [0.25, 0.3) is 18.3 Å². The Kier molecular flexibility index (Phi) is 11.9. The van der Waals surface area contributed by atoms with Crippen LogP contribution in [-0.4, -0.2) is 4.98 Å². The minimum atomic E-state index is -2.83. The molecule has 7 heteroatoms. The standard InChI is InChI=1S/C9H10F2.C8H9F2N.C8H8F2.CH4/c1-7-4-3-5-8(6-7)9(2,10)11;1-6-3-4-11-7(5-6)8(2,9)10;1-6-3-2-4-7(5-6)8(9)10;/h3-6H,1-2H3;3-5H,1-2H3;2-5,8H,1H3;1H4. The summed E-state index contributed by atoms with van der Waals surface area (Å²) in [6.07, 6.45) is -0.956. The highest BCUT2D eigenvalue weighted by Crippen LogP contribution is 2.27. The monoisotopic (exact) mass is 471 g/mol. The maximum Gasteiger partial charge on any atom is 0.286 e. The molecule has 1 aromatic heterocycles. The van der Waals surface area contributed by atoms with Crippen LogP contribution in [0, 0.1) is 20.8 Å². The Morgan fingerprint density at radius 1 is 0.697 bits per heavy atom. The molecule has 0 unspecified atom stereocenters. The van der Waals surface area contributed by atoms with Crippen LogP contribution in [0.15, 0.2) is 66.9 Å². The van der Waals surface area contributed by atoms with E-state index in [2.05, 4.69) is 4.98 Å². The van der Waals surface area contributed by atoms with E-state index >= 15 is 0 Å². The van der Waals surface area contributed by atoms with Crippen LogP contribution in [-0.2, 0) is 11.8 Å². The minimum Gasteiger partial charge on any atom is -0.255 e. The summed E-state index contributed by atoms with van der Waals surface area (Å²) in [4.78, 5) is 3.56. The fraction of sp³-hybridized carbons (Fsp3) is 0.346. The molecule has 3 rings (SSSR count). The van der Waals surface area contributed by atoms with Gasteiger partial charge in [0.15, 0.2) is 0 Å². The van der Waals surface area contributed by atoms with Crippen LogP contribution in [0.4, 0.5) is 26.3 Å². The molecule has 0 aliphatic carbocycles. The molecule has 0 N–H and O–H groups in total. The van der Waals surface area contributed by atoms with E-state index in [9.17, 15) is 26.3 Å². The fourth-order valence-electron chi connectivity index (χ4n) is 2.50. The lowest BCUT2D eigenvalue weighted by atomic mass is 10.1. The van der Waals surface area contributed by atoms with Gasteiger partial charge >= 0.3 is 0 Å². The Morgan fingerprint density at radius 2 is 1.21 bits per heavy atom. The van der Waals surface area contributed by atoms with Crippen molar-refractivity contribution in [3.05, 3.63) is 100 Å². The van der Waals surface area contributed by atoms with Gasteiger partial charge < -0.3 is 0 Å². The van der Waals surface area contributed by atoms with Gasteiger partial charge in [-0.2, -0.15) is 8.78 Å². The van der Waals surface area contributed by atoms with Gasteiger partial charge in [-0.15, -0.1) is 0 Å². The van der Waals surface area contributed by atoms with Crippen LogP contribution in [0.2, 0.25) is 0 Å². The van der Waals surface area contributed by atoms with Crippen molar-refractivity contribution in [1.82, 2.24) is 4.98 Å². The second-order valence-corrected chi connectivity index (χ2v) is 7.58. The van der Waals surface area contributed by atoms with Crippen molar-refractivity contribution in [2.45, 2.75) is 60.3 Å². The van der Waals surface area contributed by atoms with E-state index in [1.807, 2.05) is 0 Å². The van der Waals surface area contributed by atoms with E-state index < -0.39 is 18.3 Å². The molecule has 0 saturated heterocycles. The summed E-state index contributed by atoms with van der Waals surface area (Å²) in [7, 11) is 0. The highest BCUT2D eigenvalue weighted by Gasteiger charge is 2.25. The summed E-state index contributed by atoms with van der Waals surface area (Å²) in [5.41, 5.74) is 2.55. The highest BCUT2D eigenvalue weighted by molar-refractivity contribution is 5.25. The summed E-state index contributed by atoms with van der Waals surface area (Å²) in [5.74, 6) is -5.54. The summed E-state index contributed by atoms with van der Waals surface area (Å²) in [6, 6.07) is 15.8. The lowest BCUT2D eigenvalue weighted by Gasteiger charge is -2.10. The minimum absolute atomic E-state index is 0. The van der Waals surface area contributed by atoms with Gasteiger partial charge in [0.2, 0.25) is 0 Å². The summed E-state index contributed by atoms with van der Waals surface area (Å²) in [6.45, 7) is 7.11. The maximum atomic E-state index is 12.6. The van der Waals surface area contributed by atoms with Crippen molar-refractivity contribution >= 4 is 0 Å². The quantitative estimate of drug-likeness (QED) is 0.347. The van der Waals surface area contributed by atoms with Gasteiger partial charge in [-0.1, -0.05) is 67.1 Å². The van der Waals surface area contributed by atoms with Crippen LogP contribution < -0.4 is 0 Å². The molecule has 0 fully saturated rings. The number of benzene rings is 2. The van der Waals surface area contributed by atoms with Crippen molar-refractivity contribution in [3.63, 3.8) is 0 Å². The number of hydrogen-bond donors (Lipinski definition) is 0. The fourth-order valence-corrected chi connectivity index (χ4v) is 2.50. The van der Waals surface area contributed by atoms with Crippen molar-refractivity contribution in [2.75, 3.05) is 0 Å². The van der Waals surface area contributed by atoms with Gasteiger partial charge in [-0.25, -0.2) is 17.6 Å². The smallest absolute Gasteiger partial charge is 0.255 e. The second kappa shape index (κ2) is 13.0. The lowest BCUT2D eigenvalue weighted by Crippen LogP contribution is -2.09. The van der Waals surface area contributed by atoms with E-state index in [4.69, 9.17) is 0 Å². The molecular weight excluding hydrogens is 440 g/mol. The number of rotatable bonds is 3. The first-order valence-electron chi connectivity index (χ1n) is 9.80. The summed E-state index contributed by atoms with van der Waals surface area (Å²) >= 11 is 0. The molecule has 1 heterocycles. The average molecular weight is 472 g/mol. The number of alkyl halides is 6. The Hall–Kier alpha value is -2.83. The van der Waals surface area contributed by atoms with Crippen LogP contribution in [0.25, 0.3) is 0 Å². The zero-order valence-corrected chi connectivity index (χ0v) is 18.6. The first kappa shape index (κ1) is 30.2. The van der Waals surface area contributed by atoms with E-state index in [1.165, 1.54) is 36.5 Å². The lowest BCUT2D eigenvalue weighted by molar-refractivity contribution is 0.0126. The van der Waals surface area contributed by atoms with Crippen molar-refractivity contribution < 1.29 is 26.3 Å². The van der Waals surface area contributed by atoms with E-state index in [0.717, 1.165) is 30.5 Å². The molecule has 0 amide bonds. The summed E-state index contributed by atoms with van der Waals surface area (Å²) in [5, 5.41) is 0. The van der Waals surface area contributed by atoms with Crippen LogP contribution in [0.3, 0.4) is 0 Å². The van der Waals surface area contributed by atoms with Crippen LogP contribution >= 0.6 is 0 Å². The van der Waals surface area contributed by atoms with Crippen molar-refractivity contribution in [3.8, 4) is 0 Å².